The normalized spacial score (nSPS) is 14.0. The van der Waals surface area contributed by atoms with E-state index in [9.17, 15) is 4.79 Å². The molecule has 0 aromatic carbocycles. The summed E-state index contributed by atoms with van der Waals surface area (Å²) in [6, 6.07) is 0.287. The molecule has 23 heavy (non-hydrogen) atoms. The smallest absolute Gasteiger partial charge is 0.410 e. The topological polar surface area (TPSA) is 50.8 Å². The fourth-order valence-electron chi connectivity index (χ4n) is 2.11. The molecule has 0 fully saturated rings. The van der Waals surface area contributed by atoms with E-state index >= 15 is 0 Å². The molecule has 1 atom stereocenters. The Balaban J connectivity index is 4.65. The van der Waals surface area contributed by atoms with Gasteiger partial charge in [-0.2, -0.15) is 0 Å². The second-order valence-electron chi connectivity index (χ2n) is 8.27. The monoisotopic (exact) mass is 330 g/mol. The van der Waals surface area contributed by atoms with Crippen molar-refractivity contribution in [2.45, 2.75) is 79.5 Å². The fraction of sp³-hybridized carbons (Fsp3) is 0.944. The van der Waals surface area contributed by atoms with E-state index in [1.54, 1.807) is 4.90 Å². The van der Waals surface area contributed by atoms with Crippen molar-refractivity contribution in [1.82, 2.24) is 10.2 Å². The molecule has 0 aliphatic rings. The molecule has 1 unspecified atom stereocenters. The number of carbonyl (C=O) groups excluding carboxylic acids is 1. The lowest BCUT2D eigenvalue weighted by atomic mass is 10.0. The number of rotatable bonds is 8. The Kier molecular flexibility index (Phi) is 9.14. The van der Waals surface area contributed by atoms with Crippen LogP contribution in [0.15, 0.2) is 0 Å². The number of hydrogen-bond acceptors (Lipinski definition) is 4. The molecule has 0 saturated heterocycles. The van der Waals surface area contributed by atoms with E-state index in [4.69, 9.17) is 9.47 Å². The number of ether oxygens (including phenoxy) is 2. The van der Waals surface area contributed by atoms with Crippen molar-refractivity contribution < 1.29 is 14.3 Å². The summed E-state index contributed by atoms with van der Waals surface area (Å²) in [6.45, 7) is 20.8. The largest absolute Gasteiger partial charge is 0.444 e. The first-order valence-electron chi connectivity index (χ1n) is 8.70. The summed E-state index contributed by atoms with van der Waals surface area (Å²) in [5.41, 5.74) is -0.763. The van der Waals surface area contributed by atoms with Gasteiger partial charge >= 0.3 is 6.09 Å². The maximum absolute atomic E-state index is 12.4. The number of nitrogens with one attached hydrogen (secondary N) is 1. The number of amides is 1. The number of nitrogens with zero attached hydrogens (tertiary/aromatic N) is 1. The zero-order valence-electron chi connectivity index (χ0n) is 16.7. The first kappa shape index (κ1) is 22.2. The Hall–Kier alpha value is -0.810. The van der Waals surface area contributed by atoms with E-state index in [0.717, 1.165) is 6.61 Å². The molecule has 5 nitrogen and oxygen atoms in total. The van der Waals surface area contributed by atoms with Gasteiger partial charge in [-0.25, -0.2) is 4.79 Å². The van der Waals surface area contributed by atoms with Crippen molar-refractivity contribution in [2.75, 3.05) is 26.3 Å². The highest BCUT2D eigenvalue weighted by atomic mass is 16.6. The summed E-state index contributed by atoms with van der Waals surface area (Å²) < 4.78 is 11.1. The average Bonchev–Trinajstić information content (AvgIpc) is 2.33. The van der Waals surface area contributed by atoms with E-state index < -0.39 is 5.60 Å². The van der Waals surface area contributed by atoms with Gasteiger partial charge in [-0.15, -0.1) is 0 Å². The second kappa shape index (κ2) is 9.48. The van der Waals surface area contributed by atoms with Gasteiger partial charge in [-0.05, 0) is 54.4 Å². The molecular formula is C18H38N2O3. The SMILES string of the molecule is CCOCC(NCCN(C(=O)OC(C)(C)C)C(C)(C)C)C(C)C. The summed E-state index contributed by atoms with van der Waals surface area (Å²) in [6.07, 6.45) is -0.266. The molecule has 0 bridgehead atoms. The molecule has 138 valence electrons. The predicted octanol–water partition coefficient (Wildman–Crippen LogP) is 3.67. The van der Waals surface area contributed by atoms with Crippen LogP contribution in [0.2, 0.25) is 0 Å². The maximum Gasteiger partial charge on any atom is 0.410 e. The molecule has 0 saturated carbocycles. The Morgan fingerprint density at radius 1 is 1.13 bits per heavy atom. The third kappa shape index (κ3) is 9.82. The van der Waals surface area contributed by atoms with Crippen molar-refractivity contribution in [3.05, 3.63) is 0 Å². The minimum absolute atomic E-state index is 0.266. The van der Waals surface area contributed by atoms with E-state index in [-0.39, 0.29) is 17.7 Å². The van der Waals surface area contributed by atoms with Crippen molar-refractivity contribution in [1.29, 1.82) is 0 Å². The summed E-state index contributed by atoms with van der Waals surface area (Å²) >= 11 is 0. The summed E-state index contributed by atoms with van der Waals surface area (Å²) in [7, 11) is 0. The molecule has 1 amide bonds. The zero-order chi connectivity index (χ0) is 18.3. The Morgan fingerprint density at radius 3 is 2.09 bits per heavy atom. The molecule has 0 rings (SSSR count). The number of carbonyl (C=O) groups is 1. The van der Waals surface area contributed by atoms with Gasteiger partial charge in [0.1, 0.15) is 5.60 Å². The van der Waals surface area contributed by atoms with Crippen LogP contribution in [0.25, 0.3) is 0 Å². The Bertz CT molecular complexity index is 343. The highest BCUT2D eigenvalue weighted by Gasteiger charge is 2.30. The van der Waals surface area contributed by atoms with E-state index in [0.29, 0.717) is 25.6 Å². The molecule has 0 aromatic rings. The van der Waals surface area contributed by atoms with Crippen LogP contribution in [-0.2, 0) is 9.47 Å². The summed E-state index contributed by atoms with van der Waals surface area (Å²) in [5, 5.41) is 3.50. The quantitative estimate of drug-likeness (QED) is 0.738. The third-order valence-electron chi connectivity index (χ3n) is 3.47. The van der Waals surface area contributed by atoms with Gasteiger partial charge in [0.05, 0.1) is 6.61 Å². The highest BCUT2D eigenvalue weighted by molar-refractivity contribution is 5.69. The van der Waals surface area contributed by atoms with Crippen LogP contribution in [0.1, 0.15) is 62.3 Å². The van der Waals surface area contributed by atoms with Crippen LogP contribution in [0.5, 0.6) is 0 Å². The van der Waals surface area contributed by atoms with Crippen molar-refractivity contribution >= 4 is 6.09 Å². The van der Waals surface area contributed by atoms with Crippen molar-refractivity contribution in [3.8, 4) is 0 Å². The molecule has 0 aliphatic carbocycles. The van der Waals surface area contributed by atoms with Gasteiger partial charge in [0.25, 0.3) is 0 Å². The lowest BCUT2D eigenvalue weighted by Gasteiger charge is -2.37. The summed E-state index contributed by atoms with van der Waals surface area (Å²) in [5.74, 6) is 0.478. The number of hydrogen-bond donors (Lipinski definition) is 1. The van der Waals surface area contributed by atoms with E-state index in [2.05, 4.69) is 19.2 Å². The second-order valence-corrected chi connectivity index (χ2v) is 8.27. The molecule has 0 aliphatic heterocycles. The van der Waals surface area contributed by atoms with Crippen LogP contribution in [0.3, 0.4) is 0 Å². The van der Waals surface area contributed by atoms with Crippen molar-refractivity contribution in [3.63, 3.8) is 0 Å². The first-order valence-corrected chi connectivity index (χ1v) is 8.70. The van der Waals surface area contributed by atoms with Gasteiger partial charge in [0.15, 0.2) is 0 Å². The lowest BCUT2D eigenvalue weighted by Crippen LogP contribution is -2.51. The Labute approximate surface area is 143 Å². The summed E-state index contributed by atoms with van der Waals surface area (Å²) in [4.78, 5) is 14.2. The molecule has 1 N–H and O–H groups in total. The Morgan fingerprint density at radius 2 is 1.70 bits per heavy atom. The van der Waals surface area contributed by atoms with E-state index in [1.807, 2.05) is 48.5 Å². The minimum atomic E-state index is -0.483. The molecule has 0 heterocycles. The highest BCUT2D eigenvalue weighted by Crippen LogP contribution is 2.18. The van der Waals surface area contributed by atoms with Crippen LogP contribution in [-0.4, -0.2) is 54.5 Å². The van der Waals surface area contributed by atoms with Gasteiger partial charge in [0.2, 0.25) is 0 Å². The van der Waals surface area contributed by atoms with Crippen LogP contribution in [0.4, 0.5) is 4.79 Å². The van der Waals surface area contributed by atoms with Crippen LogP contribution >= 0.6 is 0 Å². The van der Waals surface area contributed by atoms with Crippen LogP contribution in [0, 0.1) is 5.92 Å². The van der Waals surface area contributed by atoms with Gasteiger partial charge in [-0.3, -0.25) is 0 Å². The fourth-order valence-corrected chi connectivity index (χ4v) is 2.11. The van der Waals surface area contributed by atoms with Crippen molar-refractivity contribution in [2.24, 2.45) is 5.92 Å². The van der Waals surface area contributed by atoms with Gasteiger partial charge in [0, 0.05) is 31.3 Å². The van der Waals surface area contributed by atoms with Crippen LogP contribution < -0.4 is 5.32 Å². The van der Waals surface area contributed by atoms with Gasteiger partial charge in [-0.1, -0.05) is 13.8 Å². The van der Waals surface area contributed by atoms with E-state index in [1.165, 1.54) is 0 Å². The zero-order valence-corrected chi connectivity index (χ0v) is 16.7. The molecule has 0 spiro atoms. The van der Waals surface area contributed by atoms with Gasteiger partial charge < -0.3 is 19.7 Å². The third-order valence-corrected chi connectivity index (χ3v) is 3.47. The predicted molar refractivity (Wildman–Crippen MR) is 95.8 cm³/mol. The minimum Gasteiger partial charge on any atom is -0.444 e. The molecule has 5 heteroatoms. The lowest BCUT2D eigenvalue weighted by molar-refractivity contribution is 0.00604. The maximum atomic E-state index is 12.4. The molecular weight excluding hydrogens is 292 g/mol. The molecule has 0 radical (unpaired) electrons. The molecule has 0 aromatic heterocycles. The average molecular weight is 331 g/mol. The standard InChI is InChI=1S/C18H38N2O3/c1-10-22-13-15(14(2)3)19-11-12-20(17(4,5)6)16(21)23-18(7,8)9/h14-15,19H,10-13H2,1-9H3. The first-order chi connectivity index (χ1) is 10.4.